The molecule has 1 aliphatic rings. The van der Waals surface area contributed by atoms with E-state index in [9.17, 15) is 14.7 Å². The molecule has 0 radical (unpaired) electrons. The fraction of sp³-hybridized carbons (Fsp3) is 0.333. The van der Waals surface area contributed by atoms with Crippen molar-refractivity contribution in [2.75, 3.05) is 33.8 Å². The highest BCUT2D eigenvalue weighted by Crippen LogP contribution is 2.40. The molecule has 1 atom stereocenters. The Labute approximate surface area is 236 Å². The standard InChI is InChI=1S/C33H38N2O5/c1-5-20-39-27-14-10-25(11-15-27)30-29(32(37)33(38)35(30)19-7-18-34(3)4)31(36)26-12-16-28(17-13-26)40-22-24-9-6-8-23(2)21-24/h6,8-17,21,30,36H,5,7,18-20,22H2,1-4H3/b31-29+. The van der Waals surface area contributed by atoms with Crippen LogP contribution in [0.3, 0.4) is 0 Å². The quantitative estimate of drug-likeness (QED) is 0.179. The van der Waals surface area contributed by atoms with Gasteiger partial charge in [0.2, 0.25) is 0 Å². The number of aliphatic hydroxyl groups excluding tert-OH is 1. The summed E-state index contributed by atoms with van der Waals surface area (Å²) < 4.78 is 11.6. The van der Waals surface area contributed by atoms with Crippen molar-refractivity contribution in [3.8, 4) is 11.5 Å². The van der Waals surface area contributed by atoms with Crippen molar-refractivity contribution in [3.05, 3.63) is 101 Å². The fourth-order valence-corrected chi connectivity index (χ4v) is 4.81. The number of aliphatic hydroxyl groups is 1. The molecule has 40 heavy (non-hydrogen) atoms. The highest BCUT2D eigenvalue weighted by molar-refractivity contribution is 6.46. The minimum absolute atomic E-state index is 0.0884. The number of carbonyl (C=O) groups is 2. The van der Waals surface area contributed by atoms with Crippen molar-refractivity contribution < 1.29 is 24.2 Å². The highest BCUT2D eigenvalue weighted by Gasteiger charge is 2.45. The Morgan fingerprint density at radius 3 is 2.27 bits per heavy atom. The molecule has 3 aromatic rings. The summed E-state index contributed by atoms with van der Waals surface area (Å²) in [6.07, 6.45) is 1.59. The lowest BCUT2D eigenvalue weighted by molar-refractivity contribution is -0.139. The molecule has 0 aliphatic carbocycles. The second-order valence-corrected chi connectivity index (χ2v) is 10.4. The van der Waals surface area contributed by atoms with Gasteiger partial charge in [0, 0.05) is 12.1 Å². The summed E-state index contributed by atoms with van der Waals surface area (Å²) in [5.41, 5.74) is 3.50. The average molecular weight is 543 g/mol. The van der Waals surface area contributed by atoms with Gasteiger partial charge in [0.05, 0.1) is 18.2 Å². The molecule has 1 aliphatic heterocycles. The van der Waals surface area contributed by atoms with E-state index in [1.165, 1.54) is 0 Å². The summed E-state index contributed by atoms with van der Waals surface area (Å²) in [5.74, 6) is -0.124. The van der Waals surface area contributed by atoms with E-state index in [1.54, 1.807) is 29.2 Å². The number of benzene rings is 3. The van der Waals surface area contributed by atoms with E-state index in [0.717, 1.165) is 35.4 Å². The van der Waals surface area contributed by atoms with Crippen molar-refractivity contribution in [1.82, 2.24) is 9.80 Å². The number of likely N-dealkylation sites (tertiary alicyclic amines) is 1. The topological polar surface area (TPSA) is 79.3 Å². The van der Waals surface area contributed by atoms with Gasteiger partial charge in [-0.15, -0.1) is 0 Å². The molecule has 1 heterocycles. The summed E-state index contributed by atoms with van der Waals surface area (Å²) in [6.45, 7) is 6.26. The van der Waals surface area contributed by atoms with E-state index in [2.05, 4.69) is 6.07 Å². The zero-order valence-electron chi connectivity index (χ0n) is 23.7. The molecule has 1 saturated heterocycles. The number of ether oxygens (including phenoxy) is 2. The molecule has 1 unspecified atom stereocenters. The lowest BCUT2D eigenvalue weighted by atomic mass is 9.95. The molecule has 1 fully saturated rings. The molecular formula is C33H38N2O5. The van der Waals surface area contributed by atoms with Crippen LogP contribution in [0.5, 0.6) is 11.5 Å². The molecule has 7 nitrogen and oxygen atoms in total. The maximum atomic E-state index is 13.3. The summed E-state index contributed by atoms with van der Waals surface area (Å²) >= 11 is 0. The second kappa shape index (κ2) is 13.3. The number of nitrogens with zero attached hydrogens (tertiary/aromatic N) is 2. The fourth-order valence-electron chi connectivity index (χ4n) is 4.81. The smallest absolute Gasteiger partial charge is 0.295 e. The average Bonchev–Trinajstić information content (AvgIpc) is 3.20. The molecule has 1 amide bonds. The van der Waals surface area contributed by atoms with E-state index in [0.29, 0.717) is 37.5 Å². The molecule has 7 heteroatoms. The van der Waals surface area contributed by atoms with Crippen LogP contribution in [-0.4, -0.2) is 60.4 Å². The Bertz CT molecular complexity index is 1350. The van der Waals surface area contributed by atoms with Gasteiger partial charge in [-0.2, -0.15) is 0 Å². The van der Waals surface area contributed by atoms with Crippen LogP contribution in [0, 0.1) is 6.92 Å². The Morgan fingerprint density at radius 1 is 0.950 bits per heavy atom. The molecule has 0 aromatic heterocycles. The van der Waals surface area contributed by atoms with Crippen molar-refractivity contribution >= 4 is 17.4 Å². The number of amides is 1. The summed E-state index contributed by atoms with van der Waals surface area (Å²) in [5, 5.41) is 11.4. The second-order valence-electron chi connectivity index (χ2n) is 10.4. The predicted octanol–water partition coefficient (Wildman–Crippen LogP) is 5.74. The third-order valence-corrected chi connectivity index (χ3v) is 6.83. The zero-order chi connectivity index (χ0) is 28.6. The Balaban J connectivity index is 1.62. The molecule has 0 spiro atoms. The van der Waals surface area contributed by atoms with E-state index in [-0.39, 0.29) is 11.3 Å². The molecular weight excluding hydrogens is 504 g/mol. The van der Waals surface area contributed by atoms with Crippen LogP contribution in [0.2, 0.25) is 0 Å². The van der Waals surface area contributed by atoms with Crippen LogP contribution in [0.15, 0.2) is 78.4 Å². The first-order chi connectivity index (χ1) is 19.3. The maximum Gasteiger partial charge on any atom is 0.295 e. The van der Waals surface area contributed by atoms with E-state index in [1.807, 2.05) is 75.3 Å². The summed E-state index contributed by atoms with van der Waals surface area (Å²) in [7, 11) is 3.93. The van der Waals surface area contributed by atoms with Gasteiger partial charge >= 0.3 is 0 Å². The van der Waals surface area contributed by atoms with Gasteiger partial charge in [0.1, 0.15) is 23.9 Å². The number of ketones is 1. The van der Waals surface area contributed by atoms with Crippen LogP contribution in [0.1, 0.15) is 48.1 Å². The Hall–Kier alpha value is -4.10. The SMILES string of the molecule is CCCOc1ccc(C2/C(=C(\O)c3ccc(OCc4cccc(C)c4)cc3)C(=O)C(=O)N2CCCN(C)C)cc1. The zero-order valence-corrected chi connectivity index (χ0v) is 23.7. The minimum Gasteiger partial charge on any atom is -0.507 e. The number of rotatable bonds is 12. The molecule has 0 bridgehead atoms. The van der Waals surface area contributed by atoms with Crippen molar-refractivity contribution in [3.63, 3.8) is 0 Å². The number of Topliss-reactive ketones (excluding diaryl/α,β-unsaturated/α-hetero) is 1. The van der Waals surface area contributed by atoms with E-state index in [4.69, 9.17) is 9.47 Å². The summed E-state index contributed by atoms with van der Waals surface area (Å²) in [6, 6.07) is 21.7. The first kappa shape index (κ1) is 28.9. The van der Waals surface area contributed by atoms with E-state index < -0.39 is 17.7 Å². The van der Waals surface area contributed by atoms with Gasteiger partial charge in [0.25, 0.3) is 11.7 Å². The number of carbonyl (C=O) groups excluding carboxylic acids is 2. The monoisotopic (exact) mass is 542 g/mol. The molecule has 3 aromatic carbocycles. The van der Waals surface area contributed by atoms with E-state index >= 15 is 0 Å². The van der Waals surface area contributed by atoms with Crippen LogP contribution >= 0.6 is 0 Å². The van der Waals surface area contributed by atoms with Crippen molar-refractivity contribution in [2.45, 2.75) is 39.3 Å². The lowest BCUT2D eigenvalue weighted by Crippen LogP contribution is -2.32. The number of hydrogen-bond donors (Lipinski definition) is 1. The highest BCUT2D eigenvalue weighted by atomic mass is 16.5. The van der Waals surface area contributed by atoms with Gasteiger partial charge < -0.3 is 24.4 Å². The molecule has 0 saturated carbocycles. The van der Waals surface area contributed by atoms with Crippen LogP contribution in [-0.2, 0) is 16.2 Å². The minimum atomic E-state index is -0.695. The summed E-state index contributed by atoms with van der Waals surface area (Å²) in [4.78, 5) is 30.1. The van der Waals surface area contributed by atoms with Crippen molar-refractivity contribution in [2.24, 2.45) is 0 Å². The predicted molar refractivity (Wildman–Crippen MR) is 156 cm³/mol. The maximum absolute atomic E-state index is 13.3. The number of hydrogen-bond acceptors (Lipinski definition) is 6. The molecule has 4 rings (SSSR count). The normalized spacial score (nSPS) is 16.5. The largest absolute Gasteiger partial charge is 0.507 e. The third kappa shape index (κ3) is 6.90. The first-order valence-corrected chi connectivity index (χ1v) is 13.7. The lowest BCUT2D eigenvalue weighted by Gasteiger charge is -2.26. The van der Waals surface area contributed by atoms with Gasteiger partial charge in [0.15, 0.2) is 0 Å². The Kier molecular flexibility index (Phi) is 9.61. The number of aryl methyl sites for hydroxylation is 1. The first-order valence-electron chi connectivity index (χ1n) is 13.7. The van der Waals surface area contributed by atoms with Crippen molar-refractivity contribution in [1.29, 1.82) is 0 Å². The van der Waals surface area contributed by atoms with Crippen LogP contribution in [0.4, 0.5) is 0 Å². The van der Waals surface area contributed by atoms with Gasteiger partial charge in [-0.1, -0.05) is 48.9 Å². The third-order valence-electron chi connectivity index (χ3n) is 6.83. The van der Waals surface area contributed by atoms with Crippen LogP contribution in [0.25, 0.3) is 5.76 Å². The van der Waals surface area contributed by atoms with Gasteiger partial charge in [-0.3, -0.25) is 9.59 Å². The molecule has 210 valence electrons. The van der Waals surface area contributed by atoms with Crippen LogP contribution < -0.4 is 9.47 Å². The van der Waals surface area contributed by atoms with Gasteiger partial charge in [-0.25, -0.2) is 0 Å². The Morgan fingerprint density at radius 2 is 1.62 bits per heavy atom. The van der Waals surface area contributed by atoms with Gasteiger partial charge in [-0.05, 0) is 87.9 Å². The molecule has 1 N–H and O–H groups in total.